The maximum Gasteiger partial charge on any atom is 0.379 e. The van der Waals surface area contributed by atoms with Gasteiger partial charge in [-0.1, -0.05) is 0 Å². The first-order valence-electron chi connectivity index (χ1n) is 4.36. The summed E-state index contributed by atoms with van der Waals surface area (Å²) in [4.78, 5) is 22.5. The molecule has 0 aromatic heterocycles. The molecule has 0 aliphatic rings. The van der Waals surface area contributed by atoms with Gasteiger partial charge in [-0.2, -0.15) is 0 Å². The van der Waals surface area contributed by atoms with Crippen molar-refractivity contribution in [2.24, 2.45) is 0 Å². The molecule has 0 unspecified atom stereocenters. The summed E-state index contributed by atoms with van der Waals surface area (Å²) in [6.07, 6.45) is 0. The van der Waals surface area contributed by atoms with E-state index in [2.05, 4.69) is 20.7 Å². The van der Waals surface area contributed by atoms with Crippen LogP contribution in [0.15, 0.2) is 16.6 Å². The van der Waals surface area contributed by atoms with Crippen molar-refractivity contribution in [2.45, 2.75) is 6.92 Å². The lowest BCUT2D eigenvalue weighted by Crippen LogP contribution is -2.17. The van der Waals surface area contributed by atoms with E-state index >= 15 is 0 Å². The van der Waals surface area contributed by atoms with Gasteiger partial charge in [0.1, 0.15) is 0 Å². The molecule has 0 aliphatic heterocycles. The van der Waals surface area contributed by atoms with Crippen molar-refractivity contribution in [3.05, 3.63) is 28.0 Å². The normalized spacial score (nSPS) is 9.94. The molecule has 0 saturated carbocycles. The Bertz CT molecular complexity index is 421. The lowest BCUT2D eigenvalue weighted by molar-refractivity contribution is -0.137. The standard InChI is InChI=1S/C10H8BrFO4/c1-2-16-10(15)8(13)5-3-6(11)9(14)7(12)4-5/h3-4,14H,2H2,1H3. The van der Waals surface area contributed by atoms with Gasteiger partial charge in [-0.3, -0.25) is 4.79 Å². The van der Waals surface area contributed by atoms with Crippen LogP contribution < -0.4 is 0 Å². The SMILES string of the molecule is CCOC(=O)C(=O)c1cc(F)c(O)c(Br)c1. The number of esters is 1. The molecule has 1 rings (SSSR count). The molecule has 0 atom stereocenters. The summed E-state index contributed by atoms with van der Waals surface area (Å²) in [5.41, 5.74) is -0.180. The Morgan fingerprint density at radius 1 is 1.50 bits per heavy atom. The average molecular weight is 291 g/mol. The molecule has 0 heterocycles. The third-order valence-electron chi connectivity index (χ3n) is 1.74. The minimum atomic E-state index is -1.06. The molecule has 0 spiro atoms. The summed E-state index contributed by atoms with van der Waals surface area (Å²) < 4.78 is 17.5. The number of ether oxygens (including phenoxy) is 1. The molecule has 16 heavy (non-hydrogen) atoms. The summed E-state index contributed by atoms with van der Waals surface area (Å²) in [7, 11) is 0. The second-order valence-electron chi connectivity index (χ2n) is 2.84. The third-order valence-corrected chi connectivity index (χ3v) is 2.34. The summed E-state index contributed by atoms with van der Waals surface area (Å²) in [6.45, 7) is 1.62. The van der Waals surface area contributed by atoms with Crippen LogP contribution in [0.3, 0.4) is 0 Å². The second-order valence-corrected chi connectivity index (χ2v) is 3.69. The molecule has 0 amide bonds. The number of hydrogen-bond acceptors (Lipinski definition) is 4. The van der Waals surface area contributed by atoms with Gasteiger partial charge < -0.3 is 9.84 Å². The van der Waals surface area contributed by atoms with Gasteiger partial charge in [0.25, 0.3) is 5.78 Å². The number of phenolic OH excluding ortho intramolecular Hbond substituents is 1. The van der Waals surface area contributed by atoms with Crippen LogP contribution in [0.1, 0.15) is 17.3 Å². The monoisotopic (exact) mass is 290 g/mol. The average Bonchev–Trinajstić information content (AvgIpc) is 2.24. The van der Waals surface area contributed by atoms with Crippen LogP contribution in [0, 0.1) is 5.82 Å². The summed E-state index contributed by atoms with van der Waals surface area (Å²) in [5.74, 6) is -3.61. The van der Waals surface area contributed by atoms with E-state index in [9.17, 15) is 14.0 Å². The van der Waals surface area contributed by atoms with Gasteiger partial charge in [0.15, 0.2) is 11.6 Å². The highest BCUT2D eigenvalue weighted by atomic mass is 79.9. The van der Waals surface area contributed by atoms with Crippen molar-refractivity contribution in [1.82, 2.24) is 0 Å². The summed E-state index contributed by atoms with van der Waals surface area (Å²) in [6, 6.07) is 1.93. The predicted octanol–water partition coefficient (Wildman–Crippen LogP) is 2.04. The van der Waals surface area contributed by atoms with E-state index in [1.807, 2.05) is 0 Å². The number of ketones is 1. The van der Waals surface area contributed by atoms with Crippen molar-refractivity contribution >= 4 is 27.7 Å². The Kier molecular flexibility index (Phi) is 4.00. The predicted molar refractivity (Wildman–Crippen MR) is 56.7 cm³/mol. The van der Waals surface area contributed by atoms with E-state index in [-0.39, 0.29) is 16.6 Å². The first-order valence-corrected chi connectivity index (χ1v) is 5.16. The Balaban J connectivity index is 3.06. The van der Waals surface area contributed by atoms with Crippen LogP contribution in [-0.4, -0.2) is 23.5 Å². The first-order chi connectivity index (χ1) is 7.47. The maximum absolute atomic E-state index is 13.1. The highest BCUT2D eigenvalue weighted by Crippen LogP contribution is 2.28. The Labute approximate surface area is 99.2 Å². The Morgan fingerprint density at radius 3 is 2.62 bits per heavy atom. The molecule has 0 aliphatic carbocycles. The number of Topliss-reactive ketones (excluding diaryl/α,β-unsaturated/α-hetero) is 1. The van der Waals surface area contributed by atoms with Gasteiger partial charge in [-0.25, -0.2) is 9.18 Å². The van der Waals surface area contributed by atoms with Crippen LogP contribution in [0.5, 0.6) is 5.75 Å². The zero-order valence-corrected chi connectivity index (χ0v) is 9.88. The topological polar surface area (TPSA) is 63.6 Å². The molecule has 0 radical (unpaired) electrons. The number of benzene rings is 1. The molecule has 0 fully saturated rings. The van der Waals surface area contributed by atoms with Crippen molar-refractivity contribution in [1.29, 1.82) is 0 Å². The van der Waals surface area contributed by atoms with E-state index in [1.165, 1.54) is 0 Å². The van der Waals surface area contributed by atoms with Crippen LogP contribution in [0.4, 0.5) is 4.39 Å². The van der Waals surface area contributed by atoms with Gasteiger partial charge >= 0.3 is 5.97 Å². The van der Waals surface area contributed by atoms with Crippen molar-refractivity contribution in [2.75, 3.05) is 6.61 Å². The third kappa shape index (κ3) is 2.57. The minimum Gasteiger partial charge on any atom is -0.504 e. The number of rotatable bonds is 3. The Hall–Kier alpha value is -1.43. The highest BCUT2D eigenvalue weighted by Gasteiger charge is 2.20. The van der Waals surface area contributed by atoms with Gasteiger partial charge in [0, 0.05) is 5.56 Å². The Morgan fingerprint density at radius 2 is 2.12 bits per heavy atom. The zero-order chi connectivity index (χ0) is 12.3. The molecule has 86 valence electrons. The maximum atomic E-state index is 13.1. The fourth-order valence-electron chi connectivity index (χ4n) is 1.01. The van der Waals surface area contributed by atoms with E-state index in [0.29, 0.717) is 0 Å². The number of phenols is 1. The lowest BCUT2D eigenvalue weighted by Gasteiger charge is -2.03. The zero-order valence-electron chi connectivity index (χ0n) is 8.29. The van der Waals surface area contributed by atoms with Crippen molar-refractivity contribution in [3.8, 4) is 5.75 Å². The van der Waals surface area contributed by atoms with Crippen LogP contribution in [-0.2, 0) is 9.53 Å². The molecule has 1 N–H and O–H groups in total. The number of carbonyl (C=O) groups is 2. The van der Waals surface area contributed by atoms with Crippen molar-refractivity contribution in [3.63, 3.8) is 0 Å². The van der Waals surface area contributed by atoms with Crippen molar-refractivity contribution < 1.29 is 23.8 Å². The fraction of sp³-hybridized carbons (Fsp3) is 0.200. The van der Waals surface area contributed by atoms with Gasteiger partial charge in [-0.05, 0) is 35.0 Å². The van der Waals surface area contributed by atoms with E-state index in [4.69, 9.17) is 5.11 Å². The minimum absolute atomic E-state index is 0.000137. The lowest BCUT2D eigenvalue weighted by atomic mass is 10.1. The van der Waals surface area contributed by atoms with E-state index in [1.54, 1.807) is 6.92 Å². The van der Waals surface area contributed by atoms with Crippen LogP contribution >= 0.6 is 15.9 Å². The quantitative estimate of drug-likeness (QED) is 0.526. The molecule has 6 heteroatoms. The highest BCUT2D eigenvalue weighted by molar-refractivity contribution is 9.10. The molecular weight excluding hydrogens is 283 g/mol. The van der Waals surface area contributed by atoms with E-state index < -0.39 is 23.3 Å². The summed E-state index contributed by atoms with van der Waals surface area (Å²) >= 11 is 2.86. The smallest absolute Gasteiger partial charge is 0.379 e. The number of aromatic hydroxyl groups is 1. The van der Waals surface area contributed by atoms with Gasteiger partial charge in [0.05, 0.1) is 11.1 Å². The van der Waals surface area contributed by atoms with Gasteiger partial charge in [0.2, 0.25) is 0 Å². The first kappa shape index (κ1) is 12.6. The number of hydrogen-bond donors (Lipinski definition) is 1. The molecule has 1 aromatic rings. The molecule has 4 nitrogen and oxygen atoms in total. The van der Waals surface area contributed by atoms with Crippen LogP contribution in [0.2, 0.25) is 0 Å². The largest absolute Gasteiger partial charge is 0.504 e. The number of halogens is 2. The molecular formula is C10H8BrFO4. The van der Waals surface area contributed by atoms with Crippen LogP contribution in [0.25, 0.3) is 0 Å². The molecule has 0 saturated heterocycles. The number of carbonyl (C=O) groups excluding carboxylic acids is 2. The fourth-order valence-corrected chi connectivity index (χ4v) is 1.45. The van der Waals surface area contributed by atoms with E-state index in [0.717, 1.165) is 12.1 Å². The molecule has 1 aromatic carbocycles. The summed E-state index contributed by atoms with van der Waals surface area (Å²) in [5, 5.41) is 9.11. The van der Waals surface area contributed by atoms with Gasteiger partial charge in [-0.15, -0.1) is 0 Å². The second kappa shape index (κ2) is 5.07. The molecule has 0 bridgehead atoms.